The number of benzene rings is 1. The Morgan fingerprint density at radius 1 is 1.24 bits per heavy atom. The summed E-state index contributed by atoms with van der Waals surface area (Å²) in [5, 5.41) is 2.52. The van der Waals surface area contributed by atoms with Crippen LogP contribution in [0.5, 0.6) is 0 Å². The van der Waals surface area contributed by atoms with Crippen molar-refractivity contribution in [3.63, 3.8) is 0 Å². The molecule has 0 radical (unpaired) electrons. The molecule has 2 N–H and O–H groups in total. The van der Waals surface area contributed by atoms with Crippen LogP contribution in [0.15, 0.2) is 26.5 Å². The molecule has 0 fully saturated rings. The number of halogens is 2. The van der Waals surface area contributed by atoms with E-state index in [1.165, 1.54) is 16.9 Å². The van der Waals surface area contributed by atoms with Crippen molar-refractivity contribution in [3.8, 4) is 0 Å². The minimum absolute atomic E-state index is 0.591. The molecule has 5 heteroatoms. The number of aryl methyl sites for hydroxylation is 1. The molecule has 0 unspecified atom stereocenters. The number of thiazole rings is 1. The number of hydrogen-bond donors (Lipinski definition) is 1. The molecule has 17 heavy (non-hydrogen) atoms. The molecule has 2 rings (SSSR count). The van der Waals surface area contributed by atoms with Crippen molar-refractivity contribution in [2.24, 2.45) is 0 Å². The van der Waals surface area contributed by atoms with Crippen LogP contribution in [0.4, 0.5) is 5.13 Å². The standard InChI is InChI=1S/C12H10Br2N2S/c1-7-4-11(14)8(5-10(7)13)2-3-9-6-17-12(15)16-9/h2-6H,1H3,(H2,15,16)/b3-2+. The number of nitrogen functional groups attached to an aromatic ring is 1. The van der Waals surface area contributed by atoms with Crippen molar-refractivity contribution in [3.05, 3.63) is 43.3 Å². The van der Waals surface area contributed by atoms with Crippen LogP contribution in [-0.4, -0.2) is 4.98 Å². The highest BCUT2D eigenvalue weighted by molar-refractivity contribution is 9.11. The van der Waals surface area contributed by atoms with E-state index in [9.17, 15) is 0 Å². The molecule has 0 saturated heterocycles. The SMILES string of the molecule is Cc1cc(Br)c(/C=C/c2csc(N)n2)cc1Br. The highest BCUT2D eigenvalue weighted by Gasteiger charge is 2.01. The van der Waals surface area contributed by atoms with Gasteiger partial charge in [0.1, 0.15) is 0 Å². The predicted molar refractivity (Wildman–Crippen MR) is 82.0 cm³/mol. The number of rotatable bonds is 2. The van der Waals surface area contributed by atoms with E-state index >= 15 is 0 Å². The molecule has 0 bridgehead atoms. The molecule has 2 aromatic rings. The number of nitrogens with two attached hydrogens (primary N) is 1. The van der Waals surface area contributed by atoms with Crippen LogP contribution in [0.25, 0.3) is 12.2 Å². The van der Waals surface area contributed by atoms with E-state index in [0.29, 0.717) is 5.13 Å². The Balaban J connectivity index is 2.30. The first-order chi connectivity index (χ1) is 8.06. The minimum atomic E-state index is 0.591. The summed E-state index contributed by atoms with van der Waals surface area (Å²) in [5.74, 6) is 0. The molecule has 1 aromatic carbocycles. The Morgan fingerprint density at radius 2 is 2.00 bits per heavy atom. The lowest BCUT2D eigenvalue weighted by atomic mass is 10.1. The van der Waals surface area contributed by atoms with Gasteiger partial charge < -0.3 is 5.73 Å². The van der Waals surface area contributed by atoms with Gasteiger partial charge in [-0.05, 0) is 36.3 Å². The van der Waals surface area contributed by atoms with E-state index in [4.69, 9.17) is 5.73 Å². The van der Waals surface area contributed by atoms with Crippen molar-refractivity contribution in [2.45, 2.75) is 6.92 Å². The second-order valence-corrected chi connectivity index (χ2v) is 6.17. The van der Waals surface area contributed by atoms with Gasteiger partial charge in [-0.3, -0.25) is 0 Å². The molecule has 0 amide bonds. The summed E-state index contributed by atoms with van der Waals surface area (Å²) in [7, 11) is 0. The third-order valence-corrected chi connectivity index (χ3v) is 4.48. The van der Waals surface area contributed by atoms with Gasteiger partial charge in [0.25, 0.3) is 0 Å². The number of nitrogens with zero attached hydrogens (tertiary/aromatic N) is 1. The van der Waals surface area contributed by atoms with Crippen LogP contribution in [0, 0.1) is 6.92 Å². The zero-order valence-corrected chi connectivity index (χ0v) is 13.1. The maximum Gasteiger partial charge on any atom is 0.180 e. The van der Waals surface area contributed by atoms with E-state index < -0.39 is 0 Å². The van der Waals surface area contributed by atoms with E-state index in [2.05, 4.69) is 55.9 Å². The fourth-order valence-corrected chi connectivity index (χ4v) is 2.82. The molecule has 0 aliphatic carbocycles. The Kier molecular flexibility index (Phi) is 4.01. The quantitative estimate of drug-likeness (QED) is 0.826. The van der Waals surface area contributed by atoms with Gasteiger partial charge >= 0.3 is 0 Å². The molecule has 0 saturated carbocycles. The Hall–Kier alpha value is -0.650. The van der Waals surface area contributed by atoms with Crippen molar-refractivity contribution >= 4 is 60.5 Å². The second-order valence-electron chi connectivity index (χ2n) is 3.57. The Morgan fingerprint density at radius 3 is 2.65 bits per heavy atom. The Labute approximate surface area is 121 Å². The van der Waals surface area contributed by atoms with E-state index in [0.717, 1.165) is 20.2 Å². The van der Waals surface area contributed by atoms with Gasteiger partial charge in [-0.25, -0.2) is 4.98 Å². The van der Waals surface area contributed by atoms with Crippen LogP contribution in [0.2, 0.25) is 0 Å². The highest BCUT2D eigenvalue weighted by atomic mass is 79.9. The zero-order chi connectivity index (χ0) is 12.4. The summed E-state index contributed by atoms with van der Waals surface area (Å²) in [4.78, 5) is 4.18. The first-order valence-electron chi connectivity index (χ1n) is 4.91. The highest BCUT2D eigenvalue weighted by Crippen LogP contribution is 2.27. The maximum absolute atomic E-state index is 5.58. The van der Waals surface area contributed by atoms with Crippen LogP contribution < -0.4 is 5.73 Å². The topological polar surface area (TPSA) is 38.9 Å². The van der Waals surface area contributed by atoms with Crippen molar-refractivity contribution < 1.29 is 0 Å². The van der Waals surface area contributed by atoms with Gasteiger partial charge in [-0.1, -0.05) is 37.9 Å². The third kappa shape index (κ3) is 3.18. The van der Waals surface area contributed by atoms with E-state index in [1.807, 2.05) is 17.5 Å². The molecule has 2 nitrogen and oxygen atoms in total. The summed E-state index contributed by atoms with van der Waals surface area (Å²) in [6, 6.07) is 4.16. The molecule has 0 atom stereocenters. The van der Waals surface area contributed by atoms with Gasteiger partial charge in [-0.15, -0.1) is 11.3 Å². The van der Waals surface area contributed by atoms with Gasteiger partial charge in [0.05, 0.1) is 5.69 Å². The van der Waals surface area contributed by atoms with Crippen LogP contribution in [-0.2, 0) is 0 Å². The third-order valence-electron chi connectivity index (χ3n) is 2.25. The lowest BCUT2D eigenvalue weighted by Gasteiger charge is -2.03. The predicted octanol–water partition coefficient (Wildman–Crippen LogP) is 4.73. The maximum atomic E-state index is 5.58. The summed E-state index contributed by atoms with van der Waals surface area (Å²) >= 11 is 8.51. The molecule has 1 aromatic heterocycles. The van der Waals surface area contributed by atoms with Crippen molar-refractivity contribution in [2.75, 3.05) is 5.73 Å². The van der Waals surface area contributed by atoms with E-state index in [1.54, 1.807) is 0 Å². The number of anilines is 1. The fourth-order valence-electron chi connectivity index (χ4n) is 1.34. The number of hydrogen-bond acceptors (Lipinski definition) is 3. The van der Waals surface area contributed by atoms with Crippen LogP contribution in [0.3, 0.4) is 0 Å². The first-order valence-corrected chi connectivity index (χ1v) is 7.37. The molecule has 1 heterocycles. The van der Waals surface area contributed by atoms with Gasteiger partial charge in [0, 0.05) is 14.3 Å². The average Bonchev–Trinajstić information content (AvgIpc) is 2.68. The lowest BCUT2D eigenvalue weighted by molar-refractivity contribution is 1.38. The lowest BCUT2D eigenvalue weighted by Crippen LogP contribution is -1.82. The summed E-state index contributed by atoms with van der Waals surface area (Å²) in [6.45, 7) is 2.06. The molecule has 88 valence electrons. The molecule has 0 aliphatic heterocycles. The first kappa shape index (κ1) is 12.8. The molecule has 0 aliphatic rings. The number of aromatic nitrogens is 1. The molecular formula is C12H10Br2N2S. The minimum Gasteiger partial charge on any atom is -0.375 e. The van der Waals surface area contributed by atoms with Gasteiger partial charge in [-0.2, -0.15) is 0 Å². The van der Waals surface area contributed by atoms with Gasteiger partial charge in [0.2, 0.25) is 0 Å². The van der Waals surface area contributed by atoms with Crippen LogP contribution >= 0.6 is 43.2 Å². The zero-order valence-electron chi connectivity index (χ0n) is 9.08. The average molecular weight is 374 g/mol. The summed E-state index contributed by atoms with van der Waals surface area (Å²) in [5.41, 5.74) is 8.77. The smallest absolute Gasteiger partial charge is 0.180 e. The van der Waals surface area contributed by atoms with Gasteiger partial charge in [0.15, 0.2) is 5.13 Å². The summed E-state index contributed by atoms with van der Waals surface area (Å²) in [6.07, 6.45) is 3.97. The Bertz CT molecular complexity index is 576. The molecular weight excluding hydrogens is 364 g/mol. The monoisotopic (exact) mass is 372 g/mol. The van der Waals surface area contributed by atoms with E-state index in [-0.39, 0.29) is 0 Å². The largest absolute Gasteiger partial charge is 0.375 e. The molecule has 0 spiro atoms. The second kappa shape index (κ2) is 5.33. The van der Waals surface area contributed by atoms with Crippen molar-refractivity contribution in [1.29, 1.82) is 0 Å². The van der Waals surface area contributed by atoms with Crippen molar-refractivity contribution in [1.82, 2.24) is 4.98 Å². The normalized spacial score (nSPS) is 11.2. The van der Waals surface area contributed by atoms with Crippen LogP contribution in [0.1, 0.15) is 16.8 Å². The summed E-state index contributed by atoms with van der Waals surface area (Å²) < 4.78 is 2.16. The fraction of sp³-hybridized carbons (Fsp3) is 0.0833.